The highest BCUT2D eigenvalue weighted by atomic mass is 28.3. The molecule has 0 heterocycles. The Morgan fingerprint density at radius 3 is 1.79 bits per heavy atom. The molecule has 5 aromatic carbocycles. The molecule has 0 fully saturated rings. The summed E-state index contributed by atoms with van der Waals surface area (Å²) in [6.45, 7) is 0. The monoisotopic (exact) mass is 472 g/mol. The number of benzene rings is 5. The van der Waals surface area contributed by atoms with E-state index in [1.807, 2.05) is 0 Å². The highest BCUT2D eigenvalue weighted by molar-refractivity contribution is 6.93. The molecule has 0 aliphatic carbocycles. The van der Waals surface area contributed by atoms with E-state index >= 15 is 0 Å². The van der Waals surface area contributed by atoms with Gasteiger partial charge in [-0.2, -0.15) is 0 Å². The van der Waals surface area contributed by atoms with Crippen LogP contribution in [0.2, 0.25) is 5.16 Å². The van der Waals surface area contributed by atoms with Gasteiger partial charge >= 0.3 is 0 Å². The first-order valence-corrected chi connectivity index (χ1v) is 15.8. The van der Waals surface area contributed by atoms with Crippen LogP contribution in [0.25, 0.3) is 10.8 Å². The molecule has 0 saturated heterocycles. The van der Waals surface area contributed by atoms with Crippen LogP contribution in [-0.4, -0.2) is 18.3 Å². The van der Waals surface area contributed by atoms with E-state index < -0.39 is 18.3 Å². The second-order valence-electron chi connectivity index (χ2n) is 9.28. The molecule has 0 spiro atoms. The molecule has 0 bridgehead atoms. The Hall–Kier alpha value is -3.21. The largest absolute Gasteiger partial charge is 0.103 e. The maximum atomic E-state index is 2.39. The van der Waals surface area contributed by atoms with Gasteiger partial charge < -0.3 is 0 Å². The smallest absolute Gasteiger partial charge is 0.0669 e. The van der Waals surface area contributed by atoms with Gasteiger partial charge in [-0.3, -0.25) is 0 Å². The predicted molar refractivity (Wildman–Crippen MR) is 155 cm³/mol. The summed E-state index contributed by atoms with van der Waals surface area (Å²) in [6.07, 6.45) is 3.72. The van der Waals surface area contributed by atoms with E-state index in [4.69, 9.17) is 0 Å². The molecule has 0 N–H and O–H groups in total. The van der Waals surface area contributed by atoms with Crippen molar-refractivity contribution in [1.29, 1.82) is 0 Å². The Morgan fingerprint density at radius 1 is 0.559 bits per heavy atom. The number of aryl methyl sites for hydroxylation is 1. The summed E-state index contributed by atoms with van der Waals surface area (Å²) in [5.41, 5.74) is 1.50. The van der Waals surface area contributed by atoms with Crippen LogP contribution < -0.4 is 15.6 Å². The SMILES string of the molecule is c1ccc([SiH2][C@@H](CCCc2cccc3ccccc23)[SiH](c2ccccc2)c2ccccc2)cc1. The lowest BCUT2D eigenvalue weighted by atomic mass is 10.0. The van der Waals surface area contributed by atoms with Gasteiger partial charge in [0.15, 0.2) is 0 Å². The molecular formula is C32H32Si2. The number of fused-ring (bicyclic) bond motifs is 1. The summed E-state index contributed by atoms with van der Waals surface area (Å²) in [7, 11) is -1.76. The van der Waals surface area contributed by atoms with E-state index in [9.17, 15) is 0 Å². The minimum atomic E-state index is -1.35. The Morgan fingerprint density at radius 2 is 1.12 bits per heavy atom. The number of rotatable bonds is 9. The van der Waals surface area contributed by atoms with Crippen molar-refractivity contribution < 1.29 is 0 Å². The van der Waals surface area contributed by atoms with Crippen LogP contribution in [0.4, 0.5) is 0 Å². The molecule has 5 aromatic rings. The van der Waals surface area contributed by atoms with Gasteiger partial charge in [0.25, 0.3) is 0 Å². The molecule has 0 unspecified atom stereocenters. The fraction of sp³-hybridized carbons (Fsp3) is 0.125. The molecule has 2 heteroatoms. The summed E-state index contributed by atoms with van der Waals surface area (Å²) < 4.78 is 0. The van der Waals surface area contributed by atoms with Crippen LogP contribution in [0.1, 0.15) is 18.4 Å². The van der Waals surface area contributed by atoms with Gasteiger partial charge in [-0.25, -0.2) is 0 Å². The van der Waals surface area contributed by atoms with Gasteiger partial charge in [-0.1, -0.05) is 155 Å². The van der Waals surface area contributed by atoms with Gasteiger partial charge in [0.2, 0.25) is 0 Å². The summed E-state index contributed by atoms with van der Waals surface area (Å²) in [5, 5.41) is 8.36. The van der Waals surface area contributed by atoms with Crippen molar-refractivity contribution in [2.45, 2.75) is 24.4 Å². The molecule has 0 radical (unpaired) electrons. The van der Waals surface area contributed by atoms with Crippen molar-refractivity contribution in [2.24, 2.45) is 0 Å². The van der Waals surface area contributed by atoms with Gasteiger partial charge in [-0.05, 0) is 34.3 Å². The molecule has 168 valence electrons. The number of hydrogen-bond acceptors (Lipinski definition) is 0. The van der Waals surface area contributed by atoms with Crippen LogP contribution in [0.15, 0.2) is 133 Å². The lowest BCUT2D eigenvalue weighted by Crippen LogP contribution is -2.49. The Kier molecular flexibility index (Phi) is 7.49. The van der Waals surface area contributed by atoms with Crippen molar-refractivity contribution >= 4 is 44.6 Å². The molecule has 0 nitrogen and oxygen atoms in total. The Bertz CT molecular complexity index is 1260. The molecule has 0 aliphatic rings. The van der Waals surface area contributed by atoms with Crippen LogP contribution in [0.5, 0.6) is 0 Å². The van der Waals surface area contributed by atoms with Crippen LogP contribution in [-0.2, 0) is 6.42 Å². The topological polar surface area (TPSA) is 0 Å². The van der Waals surface area contributed by atoms with Gasteiger partial charge in [0.05, 0.1) is 9.52 Å². The van der Waals surface area contributed by atoms with Crippen molar-refractivity contribution in [3.05, 3.63) is 139 Å². The summed E-state index contributed by atoms with van der Waals surface area (Å²) in [4.78, 5) is 0. The Balaban J connectivity index is 1.44. The van der Waals surface area contributed by atoms with Crippen molar-refractivity contribution in [2.75, 3.05) is 0 Å². The van der Waals surface area contributed by atoms with Crippen LogP contribution in [0, 0.1) is 0 Å². The molecule has 0 saturated carbocycles. The third-order valence-electron chi connectivity index (χ3n) is 7.03. The average Bonchev–Trinajstić information content (AvgIpc) is 2.91. The van der Waals surface area contributed by atoms with Gasteiger partial charge in [0, 0.05) is 0 Å². The minimum Gasteiger partial charge on any atom is -0.0669 e. The zero-order valence-corrected chi connectivity index (χ0v) is 22.3. The van der Waals surface area contributed by atoms with E-state index in [0.717, 1.165) is 11.6 Å². The summed E-state index contributed by atoms with van der Waals surface area (Å²) >= 11 is 0. The second kappa shape index (κ2) is 11.3. The van der Waals surface area contributed by atoms with E-state index in [0.29, 0.717) is 0 Å². The molecule has 0 aromatic heterocycles. The van der Waals surface area contributed by atoms with E-state index in [2.05, 4.69) is 133 Å². The molecule has 0 aliphatic heterocycles. The standard InChI is InChI=1S/C32H32Si2/c1-4-18-28(19-5-1)33-32(25-13-17-27-16-12-15-26-14-10-11-24-31(26)27)34(29-20-6-2-7-21-29)30-22-8-3-9-23-30/h1-12,14-16,18-24,32,34H,13,17,25,33H2/t32-/m1/s1. The summed E-state index contributed by atoms with van der Waals surface area (Å²) in [6, 6.07) is 49.7. The van der Waals surface area contributed by atoms with E-state index in [-0.39, 0.29) is 0 Å². The molecule has 5 rings (SSSR count). The molecule has 0 amide bonds. The first kappa shape index (κ1) is 22.6. The molecule has 34 heavy (non-hydrogen) atoms. The summed E-state index contributed by atoms with van der Waals surface area (Å²) in [5.74, 6) is 0. The zero-order valence-electron chi connectivity index (χ0n) is 19.7. The van der Waals surface area contributed by atoms with Crippen molar-refractivity contribution in [3.63, 3.8) is 0 Å². The van der Waals surface area contributed by atoms with Gasteiger partial charge in [0.1, 0.15) is 8.80 Å². The highest BCUT2D eigenvalue weighted by Gasteiger charge is 2.27. The first-order chi connectivity index (χ1) is 16.9. The van der Waals surface area contributed by atoms with E-state index in [1.165, 1.54) is 29.2 Å². The second-order valence-corrected chi connectivity index (χ2v) is 15.7. The third kappa shape index (κ3) is 5.47. The fourth-order valence-corrected chi connectivity index (χ4v) is 13.8. The lowest BCUT2D eigenvalue weighted by molar-refractivity contribution is 0.769. The van der Waals surface area contributed by atoms with Crippen LogP contribution >= 0.6 is 0 Å². The van der Waals surface area contributed by atoms with Crippen LogP contribution in [0.3, 0.4) is 0 Å². The minimum absolute atomic E-state index is 0.412. The lowest BCUT2D eigenvalue weighted by Gasteiger charge is -2.27. The normalized spacial score (nSPS) is 12.5. The quantitative estimate of drug-likeness (QED) is 0.264. The first-order valence-electron chi connectivity index (χ1n) is 12.5. The highest BCUT2D eigenvalue weighted by Crippen LogP contribution is 2.23. The maximum absolute atomic E-state index is 2.39. The molecular weight excluding hydrogens is 441 g/mol. The van der Waals surface area contributed by atoms with E-state index in [1.54, 1.807) is 15.6 Å². The van der Waals surface area contributed by atoms with Crippen molar-refractivity contribution in [1.82, 2.24) is 0 Å². The molecule has 1 atom stereocenters. The zero-order chi connectivity index (χ0) is 23.0. The predicted octanol–water partition coefficient (Wildman–Crippen LogP) is 5.03. The average molecular weight is 473 g/mol. The van der Waals surface area contributed by atoms with Gasteiger partial charge in [-0.15, -0.1) is 0 Å². The fourth-order valence-electron chi connectivity index (χ4n) is 5.43. The van der Waals surface area contributed by atoms with Crippen molar-refractivity contribution in [3.8, 4) is 0 Å². The third-order valence-corrected chi connectivity index (χ3v) is 14.5. The Labute approximate surface area is 207 Å². The number of hydrogen-bond donors (Lipinski definition) is 0. The maximum Gasteiger partial charge on any atom is 0.103 e.